The summed E-state index contributed by atoms with van der Waals surface area (Å²) in [6.07, 6.45) is 0. The fraction of sp³-hybridized carbons (Fsp3) is 0. The van der Waals surface area contributed by atoms with E-state index in [4.69, 9.17) is 9.07 Å². The van der Waals surface area contributed by atoms with Crippen molar-refractivity contribution < 1.29 is 9.07 Å². The first-order valence-corrected chi connectivity index (χ1v) is 12.6. The van der Waals surface area contributed by atoms with Gasteiger partial charge >= 0.3 is 7.05 Å². The minimum Gasteiger partial charge on any atom is -0.536 e. The molecule has 2 aliphatic heterocycles. The number of aromatic nitrogens is 1. The summed E-state index contributed by atoms with van der Waals surface area (Å²) in [5, 5.41) is 3.62. The highest BCUT2D eigenvalue weighted by molar-refractivity contribution is 6.77. The summed E-state index contributed by atoms with van der Waals surface area (Å²) in [6.45, 7) is 0. The van der Waals surface area contributed by atoms with Gasteiger partial charge in [0.2, 0.25) is 0 Å². The van der Waals surface area contributed by atoms with Crippen molar-refractivity contribution in [1.82, 2.24) is 4.57 Å². The average Bonchev–Trinajstić information content (AvgIpc) is 3.62. The van der Waals surface area contributed by atoms with E-state index in [9.17, 15) is 0 Å². The van der Waals surface area contributed by atoms with E-state index in [1.165, 1.54) is 27.4 Å². The fourth-order valence-corrected chi connectivity index (χ4v) is 6.26. The molecule has 0 fully saturated rings. The highest BCUT2D eigenvalue weighted by atomic mass is 16.5. The van der Waals surface area contributed by atoms with Gasteiger partial charge in [-0.3, -0.25) is 0 Å². The van der Waals surface area contributed by atoms with Crippen LogP contribution in [0.3, 0.4) is 0 Å². The van der Waals surface area contributed by atoms with Crippen molar-refractivity contribution >= 4 is 56.9 Å². The molecule has 0 atom stereocenters. The number of hydrogen-bond acceptors (Lipinski definition) is 3. The molecule has 0 bridgehead atoms. The highest BCUT2D eigenvalue weighted by Crippen LogP contribution is 2.51. The first-order valence-electron chi connectivity index (χ1n) is 12.6. The Bertz CT molecular complexity index is 2000. The van der Waals surface area contributed by atoms with Crippen LogP contribution in [0.25, 0.3) is 49.6 Å². The van der Waals surface area contributed by atoms with Crippen LogP contribution in [0.1, 0.15) is 0 Å². The van der Waals surface area contributed by atoms with Crippen LogP contribution in [0.5, 0.6) is 5.75 Å². The van der Waals surface area contributed by atoms with Crippen LogP contribution in [0.15, 0.2) is 120 Å². The Morgan fingerprint density at radius 1 is 0.622 bits per heavy atom. The Labute approximate surface area is 213 Å². The van der Waals surface area contributed by atoms with Crippen molar-refractivity contribution in [1.29, 1.82) is 0 Å². The molecule has 0 saturated heterocycles. The fourth-order valence-electron chi connectivity index (χ4n) is 6.26. The lowest BCUT2D eigenvalue weighted by Crippen LogP contribution is -2.50. The molecule has 9 rings (SSSR count). The number of para-hydroxylation sites is 3. The van der Waals surface area contributed by atoms with Gasteiger partial charge < -0.3 is 18.4 Å². The molecular weight excluding hydrogens is 455 g/mol. The molecule has 172 valence electrons. The maximum Gasteiger partial charge on any atom is 0.527 e. The largest absolute Gasteiger partial charge is 0.536 e. The third-order valence-corrected chi connectivity index (χ3v) is 7.81. The van der Waals surface area contributed by atoms with Gasteiger partial charge in [0.05, 0.1) is 22.3 Å². The molecule has 0 radical (unpaired) electrons. The second kappa shape index (κ2) is 6.86. The number of nitrogens with zero attached hydrogens (tertiary/aromatic N) is 2. The predicted octanol–water partition coefficient (Wildman–Crippen LogP) is 7.44. The lowest BCUT2D eigenvalue weighted by Gasteiger charge is -2.27. The second-order valence-corrected chi connectivity index (χ2v) is 9.73. The number of anilines is 2. The summed E-state index contributed by atoms with van der Waals surface area (Å²) in [5.41, 5.74) is 8.80. The highest BCUT2D eigenvalue weighted by Gasteiger charge is 2.47. The molecule has 0 aliphatic carbocycles. The Kier molecular flexibility index (Phi) is 3.58. The van der Waals surface area contributed by atoms with Gasteiger partial charge in [-0.15, -0.1) is 0 Å². The van der Waals surface area contributed by atoms with Crippen LogP contribution in [0.2, 0.25) is 0 Å². The Hall–Kier alpha value is -4.90. The number of furan rings is 1. The minimum absolute atomic E-state index is 0.271. The van der Waals surface area contributed by atoms with E-state index in [0.29, 0.717) is 0 Å². The number of rotatable bonds is 1. The maximum atomic E-state index is 6.71. The van der Waals surface area contributed by atoms with Crippen LogP contribution < -0.4 is 14.9 Å². The molecule has 4 nitrogen and oxygen atoms in total. The van der Waals surface area contributed by atoms with Crippen LogP contribution in [0, 0.1) is 0 Å². The molecule has 2 aliphatic rings. The van der Waals surface area contributed by atoms with Gasteiger partial charge in [0, 0.05) is 27.9 Å². The van der Waals surface area contributed by atoms with Crippen molar-refractivity contribution in [3.63, 3.8) is 0 Å². The predicted molar refractivity (Wildman–Crippen MR) is 151 cm³/mol. The van der Waals surface area contributed by atoms with Crippen LogP contribution >= 0.6 is 0 Å². The number of fused-ring (bicyclic) bond motifs is 13. The molecule has 0 amide bonds. The van der Waals surface area contributed by atoms with Gasteiger partial charge in [0.15, 0.2) is 5.88 Å². The zero-order valence-corrected chi connectivity index (χ0v) is 19.8. The zero-order valence-electron chi connectivity index (χ0n) is 19.8. The summed E-state index contributed by atoms with van der Waals surface area (Å²) < 4.78 is 15.5. The van der Waals surface area contributed by atoms with Crippen LogP contribution in [-0.2, 0) is 0 Å². The summed E-state index contributed by atoms with van der Waals surface area (Å²) in [7, 11) is -0.271. The smallest absolute Gasteiger partial charge is 0.527 e. The number of hydrogen-bond donors (Lipinski definition) is 0. The van der Waals surface area contributed by atoms with Crippen LogP contribution in [-0.4, -0.2) is 11.6 Å². The van der Waals surface area contributed by atoms with Crippen molar-refractivity contribution in [2.75, 3.05) is 4.81 Å². The topological polar surface area (TPSA) is 30.5 Å². The molecule has 7 aromatic rings. The SMILES string of the molecule is c1ccc2c(c1)B1Oc3cc(-n4c5ccccc5c5ccccc54)ccc3N1c1oc3ccccc3c1-2. The molecule has 2 aromatic heterocycles. The maximum absolute atomic E-state index is 6.71. The minimum atomic E-state index is -0.271. The van der Waals surface area contributed by atoms with Gasteiger partial charge in [0.25, 0.3) is 0 Å². The molecule has 5 heteroatoms. The summed E-state index contributed by atoms with van der Waals surface area (Å²) in [6, 6.07) is 40.4. The third kappa shape index (κ3) is 2.43. The lowest BCUT2D eigenvalue weighted by molar-refractivity contribution is 0.593. The Morgan fingerprint density at radius 3 is 2.11 bits per heavy atom. The van der Waals surface area contributed by atoms with E-state index >= 15 is 0 Å². The Balaban J connectivity index is 1.29. The van der Waals surface area contributed by atoms with E-state index in [1.54, 1.807) is 0 Å². The van der Waals surface area contributed by atoms with Gasteiger partial charge in [-0.25, -0.2) is 0 Å². The van der Waals surface area contributed by atoms with Crippen molar-refractivity contribution in [2.45, 2.75) is 0 Å². The van der Waals surface area contributed by atoms with Crippen molar-refractivity contribution in [2.24, 2.45) is 0 Å². The average molecular weight is 474 g/mol. The van der Waals surface area contributed by atoms with Crippen molar-refractivity contribution in [3.05, 3.63) is 115 Å². The lowest BCUT2D eigenvalue weighted by atomic mass is 9.65. The first-order chi connectivity index (χ1) is 18.4. The van der Waals surface area contributed by atoms with E-state index in [-0.39, 0.29) is 7.05 Å². The summed E-state index contributed by atoms with van der Waals surface area (Å²) >= 11 is 0. The summed E-state index contributed by atoms with van der Waals surface area (Å²) in [5.74, 6) is 1.70. The Morgan fingerprint density at radius 2 is 1.30 bits per heavy atom. The standard InChI is InChI=1S/C32H19BN2O2/c1-5-13-25-23(11-1)31-24-12-4-8-16-29(24)36-32(31)35-28-18-17-20(19-30(28)37-33(25)35)34-26-14-6-2-9-21(26)22-10-3-7-15-27(22)34/h1-19H. The quantitative estimate of drug-likeness (QED) is 0.232. The second-order valence-electron chi connectivity index (χ2n) is 9.73. The van der Waals surface area contributed by atoms with E-state index in [0.717, 1.165) is 45.0 Å². The third-order valence-electron chi connectivity index (χ3n) is 7.81. The summed E-state index contributed by atoms with van der Waals surface area (Å²) in [4.78, 5) is 2.21. The first kappa shape index (κ1) is 19.3. The molecule has 5 aromatic carbocycles. The molecule has 0 N–H and O–H groups in total. The van der Waals surface area contributed by atoms with Crippen molar-refractivity contribution in [3.8, 4) is 22.6 Å². The normalized spacial score (nSPS) is 13.5. The zero-order chi connectivity index (χ0) is 24.1. The van der Waals surface area contributed by atoms with Gasteiger partial charge in [-0.05, 0) is 41.4 Å². The van der Waals surface area contributed by atoms with Crippen LogP contribution in [0.4, 0.5) is 11.6 Å². The van der Waals surface area contributed by atoms with E-state index in [1.807, 2.05) is 12.1 Å². The molecule has 37 heavy (non-hydrogen) atoms. The molecular formula is C32H19BN2O2. The molecule has 0 spiro atoms. The molecule has 4 heterocycles. The number of benzene rings is 5. The van der Waals surface area contributed by atoms with Gasteiger partial charge in [-0.2, -0.15) is 0 Å². The van der Waals surface area contributed by atoms with Gasteiger partial charge in [-0.1, -0.05) is 78.9 Å². The van der Waals surface area contributed by atoms with E-state index in [2.05, 4.69) is 113 Å². The van der Waals surface area contributed by atoms with Gasteiger partial charge in [0.1, 0.15) is 11.3 Å². The van der Waals surface area contributed by atoms with E-state index < -0.39 is 0 Å². The molecule has 0 saturated carbocycles. The molecule has 0 unspecified atom stereocenters. The monoisotopic (exact) mass is 474 g/mol.